The van der Waals surface area contributed by atoms with Gasteiger partial charge in [0.05, 0.1) is 29.3 Å². The average Bonchev–Trinajstić information content (AvgIpc) is 2.87. The van der Waals surface area contributed by atoms with Crippen molar-refractivity contribution in [2.45, 2.75) is 24.6 Å². The van der Waals surface area contributed by atoms with Gasteiger partial charge in [0.2, 0.25) is 5.91 Å². The Hall–Kier alpha value is -0.224. The number of aliphatic hydroxyl groups is 1. The van der Waals surface area contributed by atoms with Crippen LogP contribution in [0, 0.1) is 5.92 Å². The van der Waals surface area contributed by atoms with Crippen LogP contribution in [0.15, 0.2) is 35.0 Å². The number of fused-ring (bicyclic) bond motifs is 1. The molecule has 0 bridgehead atoms. The van der Waals surface area contributed by atoms with Gasteiger partial charge in [-0.15, -0.1) is 11.8 Å². The number of carboxylic acids is 1. The van der Waals surface area contributed by atoms with E-state index in [-0.39, 0.29) is 81.6 Å². The number of carbonyl (C=O) groups excluding carboxylic acids is 2. The number of hydrogen-bond acceptors (Lipinski definition) is 6. The second kappa shape index (κ2) is 8.24. The van der Waals surface area contributed by atoms with Crippen LogP contribution in [0.2, 0.25) is 0 Å². The van der Waals surface area contributed by atoms with Gasteiger partial charge in [-0.05, 0) is 18.6 Å². The van der Waals surface area contributed by atoms with Crippen molar-refractivity contribution in [2.75, 3.05) is 6.61 Å². The number of carboxylic acid groups (broad SMARTS) is 1. The number of nitrogens with zero attached hydrogens (tertiary/aromatic N) is 2. The molecule has 8 heteroatoms. The Morgan fingerprint density at radius 1 is 1.48 bits per heavy atom. The summed E-state index contributed by atoms with van der Waals surface area (Å²) >= 11 is 1.38. The first-order valence-corrected chi connectivity index (χ1v) is 8.03. The summed E-state index contributed by atoms with van der Waals surface area (Å²) in [5, 5.41) is 20.4. The number of hydrogen-bond donors (Lipinski definition) is 1. The minimum absolute atomic E-state index is 0. The van der Waals surface area contributed by atoms with Crippen molar-refractivity contribution >= 4 is 23.6 Å². The molecule has 1 amide bonds. The Morgan fingerprint density at radius 2 is 2.26 bits per heavy atom. The Labute approximate surface area is 180 Å². The van der Waals surface area contributed by atoms with Crippen LogP contribution < -0.4 is 56.5 Å². The first-order valence-electron chi connectivity index (χ1n) is 7.04. The number of aliphatic carboxylic acids is 1. The van der Waals surface area contributed by atoms with Crippen LogP contribution in [-0.2, 0) is 15.3 Å². The van der Waals surface area contributed by atoms with Crippen molar-refractivity contribution in [3.8, 4) is 0 Å². The fourth-order valence-corrected chi connectivity index (χ4v) is 4.07. The van der Waals surface area contributed by atoms with Crippen molar-refractivity contribution in [2.24, 2.45) is 5.92 Å². The van der Waals surface area contributed by atoms with E-state index >= 15 is 0 Å². The second-order valence-corrected chi connectivity index (χ2v) is 6.34. The molecule has 0 spiro atoms. The predicted octanol–water partition coefficient (Wildman–Crippen LogP) is -3.11. The van der Waals surface area contributed by atoms with Gasteiger partial charge in [0.15, 0.2) is 0 Å². The van der Waals surface area contributed by atoms with E-state index in [1.165, 1.54) is 16.7 Å². The third-order valence-electron chi connectivity index (χ3n) is 4.00. The van der Waals surface area contributed by atoms with Gasteiger partial charge >= 0.3 is 51.4 Å². The average molecular weight is 358 g/mol. The molecule has 2 aliphatic rings. The third kappa shape index (κ3) is 3.73. The molecule has 6 nitrogen and oxygen atoms in total. The zero-order valence-electron chi connectivity index (χ0n) is 12.8. The Bertz CT molecular complexity index is 638. The number of amides is 1. The molecular formula is C15H15KN2O4S. The molecule has 1 fully saturated rings. The molecule has 1 N–H and O–H groups in total. The molecular weight excluding hydrogens is 343 g/mol. The van der Waals surface area contributed by atoms with Crippen molar-refractivity contribution < 1.29 is 71.2 Å². The number of pyridine rings is 1. The minimum atomic E-state index is -1.32. The van der Waals surface area contributed by atoms with Crippen LogP contribution in [0.3, 0.4) is 0 Å². The van der Waals surface area contributed by atoms with Gasteiger partial charge < -0.3 is 19.9 Å². The Kier molecular flexibility index (Phi) is 6.84. The van der Waals surface area contributed by atoms with Crippen molar-refractivity contribution in [3.05, 3.63) is 40.7 Å². The predicted molar refractivity (Wildman–Crippen MR) is 78.0 cm³/mol. The largest absolute Gasteiger partial charge is 1.00 e. The summed E-state index contributed by atoms with van der Waals surface area (Å²) in [6, 6.07) is 5.41. The van der Waals surface area contributed by atoms with Crippen molar-refractivity contribution in [3.63, 3.8) is 0 Å². The topological polar surface area (TPSA) is 93.6 Å². The number of aromatic nitrogens is 1. The van der Waals surface area contributed by atoms with Gasteiger partial charge in [0.1, 0.15) is 0 Å². The van der Waals surface area contributed by atoms with Gasteiger partial charge in [0.25, 0.3) is 0 Å². The number of thioether (sulfide) groups is 1. The zero-order chi connectivity index (χ0) is 15.7. The van der Waals surface area contributed by atoms with Gasteiger partial charge in [0, 0.05) is 29.9 Å². The van der Waals surface area contributed by atoms with E-state index in [1.807, 2.05) is 18.2 Å². The van der Waals surface area contributed by atoms with Gasteiger partial charge in [-0.3, -0.25) is 9.78 Å². The van der Waals surface area contributed by atoms with Crippen LogP contribution in [0.25, 0.3) is 0 Å². The van der Waals surface area contributed by atoms with Gasteiger partial charge in [-0.1, -0.05) is 6.07 Å². The van der Waals surface area contributed by atoms with E-state index in [9.17, 15) is 14.7 Å². The Morgan fingerprint density at radius 3 is 2.87 bits per heavy atom. The van der Waals surface area contributed by atoms with E-state index < -0.39 is 5.97 Å². The second-order valence-electron chi connectivity index (χ2n) is 5.27. The fraction of sp³-hybridized carbons (Fsp3) is 0.400. The Balaban J connectivity index is 0.00000192. The van der Waals surface area contributed by atoms with E-state index in [1.54, 1.807) is 6.20 Å². The number of rotatable bonds is 6. The summed E-state index contributed by atoms with van der Waals surface area (Å²) in [7, 11) is 0. The van der Waals surface area contributed by atoms with Crippen molar-refractivity contribution in [1.82, 2.24) is 9.88 Å². The van der Waals surface area contributed by atoms with Crippen LogP contribution in [-0.4, -0.2) is 39.5 Å². The molecule has 3 rings (SSSR count). The van der Waals surface area contributed by atoms with Gasteiger partial charge in [-0.25, -0.2) is 0 Å². The van der Waals surface area contributed by atoms with Gasteiger partial charge in [-0.2, -0.15) is 0 Å². The standard InChI is InChI=1S/C15H16N2O4S.K/c18-6-4-10-11-7-12(13(15(20)21)17(11)14(10)19)22-8-9-3-1-2-5-16-9;/h1-3,5,10-11,18H,4,6-8H2,(H,20,21);/q;+1/p-1/t10?,11-;/m1./s1. The number of β-lactam (4-membered cyclic amide) rings is 1. The molecule has 1 aromatic heterocycles. The normalized spacial score (nSPS) is 22.5. The molecule has 2 atom stereocenters. The summed E-state index contributed by atoms with van der Waals surface area (Å²) < 4.78 is 0. The van der Waals surface area contributed by atoms with E-state index in [0.29, 0.717) is 23.5 Å². The van der Waals surface area contributed by atoms with Crippen LogP contribution in [0.5, 0.6) is 0 Å². The maximum atomic E-state index is 12.0. The molecule has 0 aromatic carbocycles. The monoisotopic (exact) mass is 358 g/mol. The quantitative estimate of drug-likeness (QED) is 0.428. The molecule has 1 saturated heterocycles. The smallest absolute Gasteiger partial charge is 0.543 e. The molecule has 23 heavy (non-hydrogen) atoms. The molecule has 2 aliphatic heterocycles. The third-order valence-corrected chi connectivity index (χ3v) is 5.15. The molecule has 116 valence electrons. The first-order chi connectivity index (χ1) is 10.6. The van der Waals surface area contributed by atoms with E-state index in [0.717, 1.165) is 5.69 Å². The van der Waals surface area contributed by atoms with E-state index in [2.05, 4.69) is 4.98 Å². The zero-order valence-corrected chi connectivity index (χ0v) is 16.7. The molecule has 1 aromatic rings. The summed E-state index contributed by atoms with van der Waals surface area (Å²) in [5.74, 6) is -1.28. The molecule has 1 unspecified atom stereocenters. The molecule has 0 radical (unpaired) electrons. The summed E-state index contributed by atoms with van der Waals surface area (Å²) in [6.45, 7) is -0.0716. The summed E-state index contributed by atoms with van der Waals surface area (Å²) in [6.07, 6.45) is 2.57. The maximum Gasteiger partial charge on any atom is 1.00 e. The summed E-state index contributed by atoms with van der Waals surface area (Å²) in [5.41, 5.74) is 0.843. The molecule has 0 aliphatic carbocycles. The van der Waals surface area contributed by atoms with E-state index in [4.69, 9.17) is 5.11 Å². The summed E-state index contributed by atoms with van der Waals surface area (Å²) in [4.78, 5) is 29.6. The van der Waals surface area contributed by atoms with Crippen LogP contribution in [0.1, 0.15) is 18.5 Å². The van der Waals surface area contributed by atoms with Crippen molar-refractivity contribution in [1.29, 1.82) is 0 Å². The first kappa shape index (κ1) is 19.1. The van der Waals surface area contributed by atoms with Crippen LogP contribution in [0.4, 0.5) is 0 Å². The maximum absolute atomic E-state index is 12.0. The van der Waals surface area contributed by atoms with Crippen LogP contribution >= 0.6 is 11.8 Å². The molecule has 3 heterocycles. The number of aliphatic hydroxyl groups excluding tert-OH is 1. The molecule has 0 saturated carbocycles. The SMILES string of the molecule is O=C([O-])C1=C(SCc2ccccn2)C[C@@H]2C(CCO)C(=O)N12.[K+]. The number of carbonyl (C=O) groups is 2. The fourth-order valence-electron chi connectivity index (χ4n) is 2.97. The minimum Gasteiger partial charge on any atom is -0.543 e.